The van der Waals surface area contributed by atoms with Crippen LogP contribution in [-0.2, 0) is 25.6 Å². The van der Waals surface area contributed by atoms with Crippen LogP contribution in [0.15, 0.2) is 47.4 Å². The lowest BCUT2D eigenvalue weighted by Crippen LogP contribution is -2.59. The van der Waals surface area contributed by atoms with E-state index in [4.69, 9.17) is 16.3 Å². The molecule has 0 radical (unpaired) electrons. The zero-order chi connectivity index (χ0) is 25.1. The van der Waals surface area contributed by atoms with E-state index in [-0.39, 0.29) is 33.7 Å². The largest absolute Gasteiger partial charge is 0.495 e. The molecule has 1 saturated heterocycles. The minimum absolute atomic E-state index is 0.0688. The fourth-order valence-electron chi connectivity index (χ4n) is 3.10. The molecule has 0 bridgehead atoms. The van der Waals surface area contributed by atoms with Gasteiger partial charge in [0.1, 0.15) is 11.2 Å². The van der Waals surface area contributed by atoms with Crippen molar-refractivity contribution in [3.8, 4) is 5.75 Å². The zero-order valence-electron chi connectivity index (χ0n) is 17.5. The van der Waals surface area contributed by atoms with Crippen LogP contribution in [0.1, 0.15) is 5.56 Å². The van der Waals surface area contributed by atoms with Crippen LogP contribution in [0.2, 0.25) is 5.02 Å². The highest BCUT2D eigenvalue weighted by Gasteiger charge is 2.39. The van der Waals surface area contributed by atoms with Crippen molar-refractivity contribution in [1.29, 1.82) is 0 Å². The number of hydrogen-bond acceptors (Lipinski definition) is 7. The molecule has 1 heterocycles. The van der Waals surface area contributed by atoms with E-state index in [1.165, 1.54) is 37.4 Å². The number of amides is 2. The van der Waals surface area contributed by atoms with Crippen molar-refractivity contribution >= 4 is 50.7 Å². The van der Waals surface area contributed by atoms with Crippen LogP contribution < -0.4 is 20.7 Å². The molecule has 0 spiro atoms. The standard InChI is InChI=1S/C20H19ClF3N3O5S2/c1-32-15-7-6-11(8-13(15)21)34(30,31)16-9-25-19(27-18(16)29)33-10-17(28)26-14-5-3-2-4-12(14)20(22,23)24/h2-8,16,19,25H,9-10H2,1H3,(H,26,28)(H,27,29). The van der Waals surface area contributed by atoms with Crippen LogP contribution in [0.25, 0.3) is 0 Å². The van der Waals surface area contributed by atoms with Crippen LogP contribution in [0, 0.1) is 0 Å². The van der Waals surface area contributed by atoms with E-state index in [2.05, 4.69) is 16.0 Å². The van der Waals surface area contributed by atoms with E-state index in [1.54, 1.807) is 0 Å². The molecule has 14 heteroatoms. The fourth-order valence-corrected chi connectivity index (χ4v) is 5.76. The monoisotopic (exact) mass is 537 g/mol. The summed E-state index contributed by atoms with van der Waals surface area (Å²) in [5.41, 5.74) is -2.18. The molecule has 34 heavy (non-hydrogen) atoms. The summed E-state index contributed by atoms with van der Waals surface area (Å²) in [5.74, 6) is -1.53. The fraction of sp³-hybridized carbons (Fsp3) is 0.300. The van der Waals surface area contributed by atoms with Crippen molar-refractivity contribution in [2.24, 2.45) is 0 Å². The number of para-hydroxylation sites is 1. The van der Waals surface area contributed by atoms with Crippen molar-refractivity contribution in [3.05, 3.63) is 53.1 Å². The number of carbonyl (C=O) groups excluding carboxylic acids is 2. The average Bonchev–Trinajstić information content (AvgIpc) is 2.77. The molecule has 2 atom stereocenters. The summed E-state index contributed by atoms with van der Waals surface area (Å²) in [7, 11) is -2.71. The summed E-state index contributed by atoms with van der Waals surface area (Å²) in [5, 5.41) is 6.08. The Morgan fingerprint density at radius 1 is 1.26 bits per heavy atom. The quantitative estimate of drug-likeness (QED) is 0.498. The van der Waals surface area contributed by atoms with Gasteiger partial charge in [0, 0.05) is 6.54 Å². The predicted octanol–water partition coefficient (Wildman–Crippen LogP) is 2.88. The van der Waals surface area contributed by atoms with Gasteiger partial charge in [0.25, 0.3) is 0 Å². The lowest BCUT2D eigenvalue weighted by Gasteiger charge is -2.29. The van der Waals surface area contributed by atoms with E-state index < -0.39 is 44.1 Å². The van der Waals surface area contributed by atoms with Gasteiger partial charge in [0.15, 0.2) is 15.1 Å². The summed E-state index contributed by atoms with van der Waals surface area (Å²) >= 11 is 6.88. The number of thioether (sulfide) groups is 1. The summed E-state index contributed by atoms with van der Waals surface area (Å²) in [6, 6.07) is 8.38. The molecule has 2 unspecified atom stereocenters. The van der Waals surface area contributed by atoms with E-state index in [0.717, 1.165) is 23.9 Å². The Labute approximate surface area is 202 Å². The van der Waals surface area contributed by atoms with Crippen LogP contribution >= 0.6 is 23.4 Å². The number of methoxy groups -OCH3 is 1. The lowest BCUT2D eigenvalue weighted by atomic mass is 10.1. The molecule has 184 valence electrons. The van der Waals surface area contributed by atoms with Crippen molar-refractivity contribution in [2.75, 3.05) is 24.7 Å². The summed E-state index contributed by atoms with van der Waals surface area (Å²) < 4.78 is 69.9. The first-order chi connectivity index (χ1) is 15.9. The van der Waals surface area contributed by atoms with Gasteiger partial charge in [-0.15, -0.1) is 11.8 Å². The minimum Gasteiger partial charge on any atom is -0.495 e. The van der Waals surface area contributed by atoms with E-state index in [0.29, 0.717) is 0 Å². The number of anilines is 1. The number of carbonyl (C=O) groups is 2. The zero-order valence-corrected chi connectivity index (χ0v) is 19.9. The molecular formula is C20H19ClF3N3O5S2. The minimum atomic E-state index is -4.63. The van der Waals surface area contributed by atoms with Gasteiger partial charge in [0.2, 0.25) is 11.8 Å². The van der Waals surface area contributed by atoms with Crippen LogP contribution in [0.3, 0.4) is 0 Å². The van der Waals surface area contributed by atoms with Crippen molar-refractivity contribution in [2.45, 2.75) is 21.8 Å². The third-order valence-corrected chi connectivity index (χ3v) is 8.15. The number of ether oxygens (including phenoxy) is 1. The maximum absolute atomic E-state index is 13.1. The molecule has 1 fully saturated rings. The highest BCUT2D eigenvalue weighted by atomic mass is 35.5. The summed E-state index contributed by atoms with van der Waals surface area (Å²) in [6.45, 7) is -0.242. The number of rotatable bonds is 7. The van der Waals surface area contributed by atoms with Gasteiger partial charge < -0.3 is 15.4 Å². The molecule has 8 nitrogen and oxygen atoms in total. The Balaban J connectivity index is 1.59. The van der Waals surface area contributed by atoms with Gasteiger partial charge in [-0.3, -0.25) is 14.9 Å². The molecule has 0 aromatic heterocycles. The Morgan fingerprint density at radius 2 is 1.97 bits per heavy atom. The van der Waals surface area contributed by atoms with Gasteiger partial charge >= 0.3 is 6.18 Å². The molecule has 3 rings (SSSR count). The molecule has 0 aliphatic carbocycles. The number of halogens is 4. The molecule has 1 aliphatic heterocycles. The second-order valence-corrected chi connectivity index (χ2v) is 10.7. The molecule has 2 amide bonds. The van der Waals surface area contributed by atoms with Crippen molar-refractivity contribution in [3.63, 3.8) is 0 Å². The lowest BCUT2D eigenvalue weighted by molar-refractivity contribution is -0.137. The average molecular weight is 538 g/mol. The van der Waals surface area contributed by atoms with E-state index in [1.807, 2.05) is 0 Å². The number of alkyl halides is 3. The van der Waals surface area contributed by atoms with E-state index in [9.17, 15) is 31.2 Å². The molecule has 0 saturated carbocycles. The number of sulfone groups is 1. The third-order valence-electron chi connectivity index (χ3n) is 4.77. The summed E-state index contributed by atoms with van der Waals surface area (Å²) in [4.78, 5) is 24.5. The van der Waals surface area contributed by atoms with Gasteiger partial charge in [-0.1, -0.05) is 23.7 Å². The van der Waals surface area contributed by atoms with Crippen molar-refractivity contribution < 1.29 is 35.9 Å². The smallest absolute Gasteiger partial charge is 0.418 e. The molecule has 2 aromatic carbocycles. The molecular weight excluding hydrogens is 519 g/mol. The summed E-state index contributed by atoms with van der Waals surface area (Å²) in [6.07, 6.45) is -4.63. The normalized spacial score (nSPS) is 18.8. The second kappa shape index (κ2) is 10.4. The Hall–Kier alpha value is -2.48. The maximum Gasteiger partial charge on any atom is 0.418 e. The van der Waals surface area contributed by atoms with Crippen LogP contribution in [0.4, 0.5) is 18.9 Å². The van der Waals surface area contributed by atoms with Crippen LogP contribution in [-0.4, -0.2) is 50.4 Å². The third kappa shape index (κ3) is 5.95. The van der Waals surface area contributed by atoms with Crippen LogP contribution in [0.5, 0.6) is 5.75 Å². The predicted molar refractivity (Wildman–Crippen MR) is 121 cm³/mol. The molecule has 2 aromatic rings. The van der Waals surface area contributed by atoms with Gasteiger partial charge in [0.05, 0.1) is 34.0 Å². The van der Waals surface area contributed by atoms with Crippen molar-refractivity contribution in [1.82, 2.24) is 10.6 Å². The topological polar surface area (TPSA) is 114 Å². The van der Waals surface area contributed by atoms with E-state index >= 15 is 0 Å². The SMILES string of the molecule is COc1ccc(S(=O)(=O)C2CNC(SCC(=O)Nc3ccccc3C(F)(F)F)NC2=O)cc1Cl. The highest BCUT2D eigenvalue weighted by molar-refractivity contribution is 8.00. The first-order valence-electron chi connectivity index (χ1n) is 9.62. The van der Waals surface area contributed by atoms with Gasteiger partial charge in [-0.2, -0.15) is 13.2 Å². The Bertz CT molecular complexity index is 1190. The highest BCUT2D eigenvalue weighted by Crippen LogP contribution is 2.34. The number of hydrogen-bond donors (Lipinski definition) is 3. The maximum atomic E-state index is 13.1. The first kappa shape index (κ1) is 26.1. The second-order valence-electron chi connectivity index (χ2n) is 7.03. The van der Waals surface area contributed by atoms with Gasteiger partial charge in [-0.25, -0.2) is 8.42 Å². The molecule has 3 N–H and O–H groups in total. The molecule has 1 aliphatic rings. The first-order valence-corrected chi connectivity index (χ1v) is 12.6. The number of nitrogens with one attached hydrogen (secondary N) is 3. The Morgan fingerprint density at radius 3 is 2.59 bits per heavy atom. The van der Waals surface area contributed by atoms with Gasteiger partial charge in [-0.05, 0) is 30.3 Å². The number of benzene rings is 2. The Kier molecular flexibility index (Phi) is 8.01.